The summed E-state index contributed by atoms with van der Waals surface area (Å²) in [7, 11) is 1.53. The second-order valence-corrected chi connectivity index (χ2v) is 4.99. The van der Waals surface area contributed by atoms with Gasteiger partial charge in [-0.2, -0.15) is 0 Å². The molecule has 2 aromatic carbocycles. The number of halogens is 1. The van der Waals surface area contributed by atoms with Crippen LogP contribution in [-0.4, -0.2) is 30.3 Å². The first-order valence-electron chi connectivity index (χ1n) is 7.09. The van der Waals surface area contributed by atoms with Crippen LogP contribution in [0.25, 0.3) is 22.2 Å². The van der Waals surface area contributed by atoms with Gasteiger partial charge in [-0.15, -0.1) is 5.52 Å². The second-order valence-electron chi connectivity index (χ2n) is 4.99. The fourth-order valence-electron chi connectivity index (χ4n) is 2.29. The monoisotopic (exact) mass is 471 g/mol. The maximum atomic E-state index is 14.2. The maximum absolute atomic E-state index is 14.2. The molecular formula is C16H13FN3O4Pr-. The molecule has 0 fully saturated rings. The standard InChI is InChI=1S/C16H13FN3O4.Pr/c1-23-6-7-24-15-5-2-10(8-13(15)17)16-12-9-11(20(21)22)3-4-14(12)18-19-16;/h2-5,8-9H,6-7H2,1H3;/q-1;. The zero-order valence-corrected chi connectivity index (χ0v) is 17.0. The first-order chi connectivity index (χ1) is 11.6. The summed E-state index contributed by atoms with van der Waals surface area (Å²) in [6.07, 6.45) is 0. The molecule has 0 aliphatic heterocycles. The summed E-state index contributed by atoms with van der Waals surface area (Å²) in [5.41, 5.74) is 1.29. The molecule has 3 rings (SSSR count). The van der Waals surface area contributed by atoms with E-state index in [0.717, 1.165) is 0 Å². The molecule has 0 aliphatic rings. The Labute approximate surface area is 175 Å². The summed E-state index contributed by atoms with van der Waals surface area (Å²) in [6.45, 7) is 0.585. The van der Waals surface area contributed by atoms with Gasteiger partial charge in [-0.3, -0.25) is 10.1 Å². The predicted octanol–water partition coefficient (Wildman–Crippen LogP) is 2.93. The summed E-state index contributed by atoms with van der Waals surface area (Å²) in [6, 6.07) is 8.64. The van der Waals surface area contributed by atoms with Crippen LogP contribution in [0.4, 0.5) is 10.1 Å². The molecule has 3 aromatic rings. The molecule has 127 valence electrons. The number of aromatic nitrogens is 2. The SMILES string of the molecule is COCCOc1ccc(-c2n[n-]c3ccc([N+](=O)[O-])cc23)cc1F.[Pr]. The molecule has 0 bridgehead atoms. The van der Waals surface area contributed by atoms with Gasteiger partial charge in [0.1, 0.15) is 6.61 Å². The molecule has 0 saturated carbocycles. The van der Waals surface area contributed by atoms with E-state index in [4.69, 9.17) is 9.47 Å². The topological polar surface area (TPSA) is 88.6 Å². The van der Waals surface area contributed by atoms with Crippen LogP contribution in [0.2, 0.25) is 0 Å². The Balaban J connectivity index is 0.00000225. The van der Waals surface area contributed by atoms with Crippen LogP contribution in [-0.2, 0) is 4.74 Å². The number of non-ortho nitro benzene ring substituents is 1. The minimum atomic E-state index is -0.551. The normalized spacial score (nSPS) is 10.5. The Morgan fingerprint density at radius 3 is 2.72 bits per heavy atom. The zero-order valence-electron chi connectivity index (χ0n) is 13.3. The minimum Gasteiger partial charge on any atom is -0.574 e. The van der Waals surface area contributed by atoms with E-state index in [1.165, 1.54) is 37.4 Å². The van der Waals surface area contributed by atoms with Crippen molar-refractivity contribution in [1.82, 2.24) is 10.2 Å². The molecule has 1 heterocycles. The van der Waals surface area contributed by atoms with Gasteiger partial charge < -0.3 is 19.7 Å². The van der Waals surface area contributed by atoms with E-state index in [0.29, 0.717) is 28.8 Å². The number of nitro groups is 1. The number of hydrogen-bond acceptors (Lipinski definition) is 5. The van der Waals surface area contributed by atoms with Crippen molar-refractivity contribution >= 4 is 16.6 Å². The number of methoxy groups -OCH3 is 1. The average Bonchev–Trinajstić information content (AvgIpc) is 2.99. The smallest absolute Gasteiger partial charge is 0.270 e. The van der Waals surface area contributed by atoms with Gasteiger partial charge in [-0.25, -0.2) is 4.39 Å². The first-order valence-corrected chi connectivity index (χ1v) is 7.09. The molecule has 9 heteroatoms. The van der Waals surface area contributed by atoms with Crippen molar-refractivity contribution in [1.29, 1.82) is 0 Å². The van der Waals surface area contributed by atoms with Crippen LogP contribution < -0.4 is 9.84 Å². The van der Waals surface area contributed by atoms with Crippen molar-refractivity contribution in [2.24, 2.45) is 0 Å². The number of rotatable bonds is 6. The summed E-state index contributed by atoms with van der Waals surface area (Å²) < 4.78 is 24.3. The fraction of sp³-hybridized carbons (Fsp3) is 0.188. The third-order valence-corrected chi connectivity index (χ3v) is 3.45. The number of fused-ring (bicyclic) bond motifs is 1. The van der Waals surface area contributed by atoms with Crippen LogP contribution in [0.5, 0.6) is 5.75 Å². The Hall–Kier alpha value is -1.64. The quantitative estimate of drug-likeness (QED) is 0.312. The van der Waals surface area contributed by atoms with E-state index in [1.54, 1.807) is 6.07 Å². The van der Waals surface area contributed by atoms with E-state index in [1.807, 2.05) is 0 Å². The molecule has 0 atom stereocenters. The van der Waals surface area contributed by atoms with Gasteiger partial charge in [0.2, 0.25) is 0 Å². The summed E-state index contributed by atoms with van der Waals surface area (Å²) >= 11 is 0. The molecular weight excluding hydrogens is 458 g/mol. The van der Waals surface area contributed by atoms with Crippen molar-refractivity contribution in [3.05, 3.63) is 52.3 Å². The fourth-order valence-corrected chi connectivity index (χ4v) is 2.29. The van der Waals surface area contributed by atoms with Crippen molar-refractivity contribution in [2.45, 2.75) is 0 Å². The zero-order chi connectivity index (χ0) is 17.1. The van der Waals surface area contributed by atoms with Gasteiger partial charge in [0.25, 0.3) is 5.69 Å². The molecule has 1 aromatic heterocycles. The van der Waals surface area contributed by atoms with Crippen LogP contribution in [0.1, 0.15) is 0 Å². The van der Waals surface area contributed by atoms with Gasteiger partial charge in [-0.05, 0) is 23.6 Å². The minimum absolute atomic E-state index is 0. The average molecular weight is 471 g/mol. The summed E-state index contributed by atoms with van der Waals surface area (Å²) in [5, 5.41) is 19.4. The number of nitro benzene ring substituents is 1. The molecule has 0 amide bonds. The Bertz CT molecular complexity index is 900. The van der Waals surface area contributed by atoms with Crippen LogP contribution in [0.15, 0.2) is 36.4 Å². The van der Waals surface area contributed by atoms with Gasteiger partial charge in [0.05, 0.1) is 17.2 Å². The molecule has 0 saturated heterocycles. The largest absolute Gasteiger partial charge is 0.574 e. The number of benzene rings is 2. The van der Waals surface area contributed by atoms with Crippen molar-refractivity contribution in [3.63, 3.8) is 0 Å². The Kier molecular flexibility index (Phi) is 6.81. The molecule has 25 heavy (non-hydrogen) atoms. The molecule has 1 radical (unpaired) electrons. The number of ether oxygens (including phenoxy) is 2. The Morgan fingerprint density at radius 1 is 1.24 bits per heavy atom. The van der Waals surface area contributed by atoms with Crippen LogP contribution in [0.3, 0.4) is 0 Å². The number of hydrogen-bond donors (Lipinski definition) is 0. The molecule has 0 N–H and O–H groups in total. The van der Waals surface area contributed by atoms with E-state index >= 15 is 0 Å². The maximum Gasteiger partial charge on any atom is 0.270 e. The molecule has 0 spiro atoms. The molecule has 0 unspecified atom stereocenters. The third-order valence-electron chi connectivity index (χ3n) is 3.45. The number of nitrogens with zero attached hydrogens (tertiary/aromatic N) is 3. The summed E-state index contributed by atoms with van der Waals surface area (Å²) in [5.74, 6) is -0.448. The van der Waals surface area contributed by atoms with E-state index in [-0.39, 0.29) is 59.3 Å². The predicted molar refractivity (Wildman–Crippen MR) is 84.5 cm³/mol. The van der Waals surface area contributed by atoms with Crippen molar-refractivity contribution in [2.75, 3.05) is 20.3 Å². The van der Waals surface area contributed by atoms with Crippen LogP contribution in [0, 0.1) is 57.2 Å². The molecule has 0 aliphatic carbocycles. The van der Waals surface area contributed by atoms with E-state index < -0.39 is 10.7 Å². The van der Waals surface area contributed by atoms with Gasteiger partial charge in [0, 0.05) is 66.1 Å². The molecule has 7 nitrogen and oxygen atoms in total. The van der Waals surface area contributed by atoms with Crippen LogP contribution >= 0.6 is 0 Å². The van der Waals surface area contributed by atoms with Crippen molar-refractivity contribution in [3.8, 4) is 17.0 Å². The van der Waals surface area contributed by atoms with Gasteiger partial charge in [-0.1, -0.05) is 6.07 Å². The van der Waals surface area contributed by atoms with Crippen molar-refractivity contribution < 1.29 is 60.1 Å². The van der Waals surface area contributed by atoms with Gasteiger partial charge >= 0.3 is 0 Å². The van der Waals surface area contributed by atoms with E-state index in [2.05, 4.69) is 10.2 Å². The first kappa shape index (κ1) is 19.7. The Morgan fingerprint density at radius 2 is 2.04 bits per heavy atom. The van der Waals surface area contributed by atoms with Gasteiger partial charge in [0.15, 0.2) is 11.6 Å². The third kappa shape index (κ3) is 4.31. The second kappa shape index (κ2) is 8.64. The summed E-state index contributed by atoms with van der Waals surface area (Å²) in [4.78, 5) is 10.4. The van der Waals surface area contributed by atoms with E-state index in [9.17, 15) is 14.5 Å².